The van der Waals surface area contributed by atoms with E-state index in [4.69, 9.17) is 0 Å². The Morgan fingerprint density at radius 3 is 1.71 bits per heavy atom. The summed E-state index contributed by atoms with van der Waals surface area (Å²) in [6, 6.07) is 71.3. The molecule has 0 fully saturated rings. The summed E-state index contributed by atoms with van der Waals surface area (Å²) in [5, 5.41) is 2.54. The van der Waals surface area contributed by atoms with E-state index in [1.54, 1.807) is 0 Å². The Kier molecular flexibility index (Phi) is 8.34. The van der Waals surface area contributed by atoms with Crippen LogP contribution in [0.3, 0.4) is 0 Å². The number of nitrogens with zero attached hydrogens (tertiary/aromatic N) is 2. The van der Waals surface area contributed by atoms with Crippen molar-refractivity contribution in [1.82, 2.24) is 4.57 Å². The van der Waals surface area contributed by atoms with Crippen LogP contribution in [-0.2, 0) is 5.41 Å². The maximum Gasteiger partial charge on any atom is 0.0541 e. The van der Waals surface area contributed by atoms with Crippen molar-refractivity contribution < 1.29 is 0 Å². The molecule has 0 spiro atoms. The highest BCUT2D eigenvalue weighted by Crippen LogP contribution is 2.52. The fourth-order valence-electron chi connectivity index (χ4n) is 9.67. The van der Waals surface area contributed by atoms with Gasteiger partial charge in [0.25, 0.3) is 0 Å². The van der Waals surface area contributed by atoms with Gasteiger partial charge >= 0.3 is 0 Å². The Hall–Kier alpha value is -7.16. The minimum absolute atomic E-state index is 0.186. The molecule has 11 rings (SSSR count). The van der Waals surface area contributed by atoms with Gasteiger partial charge in [-0.3, -0.25) is 0 Å². The average molecular weight is 757 g/mol. The SMILES string of the molecule is CC1(C)c2cc(-c3ccc4c(c3)c3ccccc3n4-c3ccccc3)ccc2-c2ccc(N(C3=CC=C(c4ccccc4)CC3)c3ccc(-c4ccccc4)cc3)cc21. The van der Waals surface area contributed by atoms with E-state index in [1.165, 1.54) is 100 Å². The molecular formula is C57H44N2. The number of benzene rings is 8. The molecule has 9 aromatic rings. The van der Waals surface area contributed by atoms with Gasteiger partial charge in [0, 0.05) is 38.9 Å². The maximum absolute atomic E-state index is 2.49. The first kappa shape index (κ1) is 35.0. The van der Waals surface area contributed by atoms with E-state index in [-0.39, 0.29) is 5.41 Å². The molecular weight excluding hydrogens is 713 g/mol. The van der Waals surface area contributed by atoms with Crippen LogP contribution < -0.4 is 4.90 Å². The molecule has 8 aromatic carbocycles. The van der Waals surface area contributed by atoms with E-state index in [2.05, 4.69) is 230 Å². The predicted octanol–water partition coefficient (Wildman–Crippen LogP) is 15.3. The number of hydrogen-bond acceptors (Lipinski definition) is 1. The van der Waals surface area contributed by atoms with Crippen molar-refractivity contribution in [2.75, 3.05) is 4.90 Å². The summed E-state index contributed by atoms with van der Waals surface area (Å²) in [6.07, 6.45) is 6.62. The molecule has 1 heterocycles. The van der Waals surface area contributed by atoms with Gasteiger partial charge in [0.1, 0.15) is 0 Å². The quantitative estimate of drug-likeness (QED) is 0.157. The van der Waals surface area contributed by atoms with Crippen LogP contribution in [0.25, 0.3) is 66.4 Å². The van der Waals surface area contributed by atoms with Crippen LogP contribution in [0, 0.1) is 0 Å². The lowest BCUT2D eigenvalue weighted by Crippen LogP contribution is -2.20. The first-order chi connectivity index (χ1) is 29.0. The second-order valence-electron chi connectivity index (χ2n) is 16.5. The average Bonchev–Trinajstić information content (AvgIpc) is 3.75. The van der Waals surface area contributed by atoms with Gasteiger partial charge in [-0.2, -0.15) is 0 Å². The lowest BCUT2D eigenvalue weighted by Gasteiger charge is -2.31. The molecule has 2 heteroatoms. The molecule has 0 bridgehead atoms. The zero-order valence-electron chi connectivity index (χ0n) is 33.4. The van der Waals surface area contributed by atoms with Gasteiger partial charge in [0.15, 0.2) is 0 Å². The van der Waals surface area contributed by atoms with E-state index >= 15 is 0 Å². The Balaban J connectivity index is 0.979. The second kappa shape index (κ2) is 14.0. The Morgan fingerprint density at radius 1 is 0.424 bits per heavy atom. The number of hydrogen-bond donors (Lipinski definition) is 0. The molecule has 0 saturated heterocycles. The van der Waals surface area contributed by atoms with E-state index in [0.29, 0.717) is 0 Å². The summed E-state index contributed by atoms with van der Waals surface area (Å²) in [5.41, 5.74) is 20.1. The fraction of sp³-hybridized carbons (Fsp3) is 0.0877. The summed E-state index contributed by atoms with van der Waals surface area (Å²) >= 11 is 0. The monoisotopic (exact) mass is 756 g/mol. The summed E-state index contributed by atoms with van der Waals surface area (Å²) in [6.45, 7) is 4.80. The van der Waals surface area contributed by atoms with E-state index in [9.17, 15) is 0 Å². The Morgan fingerprint density at radius 2 is 0.983 bits per heavy atom. The van der Waals surface area contributed by atoms with E-state index in [0.717, 1.165) is 12.8 Å². The number of anilines is 2. The number of rotatable bonds is 7. The molecule has 0 amide bonds. The number of para-hydroxylation sites is 2. The molecule has 282 valence electrons. The number of fused-ring (bicyclic) bond motifs is 6. The van der Waals surface area contributed by atoms with Crippen molar-refractivity contribution in [3.8, 4) is 39.1 Å². The zero-order chi connectivity index (χ0) is 39.5. The van der Waals surface area contributed by atoms with Gasteiger partial charge < -0.3 is 9.47 Å². The highest BCUT2D eigenvalue weighted by Gasteiger charge is 2.36. The lowest BCUT2D eigenvalue weighted by atomic mass is 9.81. The van der Waals surface area contributed by atoms with Crippen molar-refractivity contribution in [2.45, 2.75) is 32.1 Å². The third kappa shape index (κ3) is 5.94. The second-order valence-corrected chi connectivity index (χ2v) is 16.5. The standard InChI is InChI=1S/C57H44N2/c1-57(2)53-37-44(43-27-35-56-52(36-43)51-20-12-13-21-55(51)59(56)45-18-10-5-11-19-45)26-33-49(53)50-34-32-48(38-54(50)57)58(46-28-22-41(23-29-46)39-14-6-3-7-15-39)47-30-24-42(25-31-47)40-16-8-4-9-17-40/h3-24,26-30,32-38H,25,31H2,1-2H3. The van der Waals surface area contributed by atoms with Crippen molar-refractivity contribution in [3.05, 3.63) is 229 Å². The highest BCUT2D eigenvalue weighted by atomic mass is 15.1. The van der Waals surface area contributed by atoms with Gasteiger partial charge in [-0.25, -0.2) is 0 Å². The minimum atomic E-state index is -0.186. The van der Waals surface area contributed by atoms with E-state index in [1.807, 2.05) is 0 Å². The van der Waals surface area contributed by atoms with Crippen LogP contribution in [0.1, 0.15) is 43.4 Å². The third-order valence-electron chi connectivity index (χ3n) is 12.7. The van der Waals surface area contributed by atoms with Gasteiger partial charge in [0.2, 0.25) is 0 Å². The normalized spacial score (nSPS) is 14.1. The summed E-state index contributed by atoms with van der Waals surface area (Å²) in [7, 11) is 0. The largest absolute Gasteiger partial charge is 0.314 e. The minimum Gasteiger partial charge on any atom is -0.314 e. The van der Waals surface area contributed by atoms with Crippen LogP contribution in [-0.4, -0.2) is 4.57 Å². The maximum atomic E-state index is 2.49. The first-order valence-electron chi connectivity index (χ1n) is 20.8. The van der Waals surface area contributed by atoms with Crippen LogP contribution in [0.4, 0.5) is 11.4 Å². The fourth-order valence-corrected chi connectivity index (χ4v) is 9.67. The topological polar surface area (TPSA) is 8.17 Å². The van der Waals surface area contributed by atoms with Crippen LogP contribution >= 0.6 is 0 Å². The van der Waals surface area contributed by atoms with Crippen molar-refractivity contribution in [3.63, 3.8) is 0 Å². The zero-order valence-corrected chi connectivity index (χ0v) is 33.4. The molecule has 59 heavy (non-hydrogen) atoms. The summed E-state index contributed by atoms with van der Waals surface area (Å²) < 4.78 is 2.39. The highest BCUT2D eigenvalue weighted by molar-refractivity contribution is 6.10. The molecule has 0 unspecified atom stereocenters. The first-order valence-corrected chi connectivity index (χ1v) is 20.8. The molecule has 1 aromatic heterocycles. The molecule has 2 aliphatic carbocycles. The molecule has 0 radical (unpaired) electrons. The molecule has 2 aliphatic rings. The molecule has 0 atom stereocenters. The van der Waals surface area contributed by atoms with Crippen LogP contribution in [0.2, 0.25) is 0 Å². The van der Waals surface area contributed by atoms with Gasteiger partial charge in [-0.15, -0.1) is 0 Å². The number of aromatic nitrogens is 1. The molecule has 2 nitrogen and oxygen atoms in total. The molecule has 0 saturated carbocycles. The van der Waals surface area contributed by atoms with E-state index < -0.39 is 0 Å². The van der Waals surface area contributed by atoms with Crippen LogP contribution in [0.5, 0.6) is 0 Å². The van der Waals surface area contributed by atoms with Crippen LogP contribution in [0.15, 0.2) is 212 Å². The molecule has 0 N–H and O–H groups in total. The smallest absolute Gasteiger partial charge is 0.0541 e. The third-order valence-corrected chi connectivity index (χ3v) is 12.7. The lowest BCUT2D eigenvalue weighted by molar-refractivity contribution is 0.660. The van der Waals surface area contributed by atoms with Crippen molar-refractivity contribution in [1.29, 1.82) is 0 Å². The van der Waals surface area contributed by atoms with Gasteiger partial charge in [-0.05, 0) is 135 Å². The van der Waals surface area contributed by atoms with Crippen molar-refractivity contribution in [2.24, 2.45) is 0 Å². The van der Waals surface area contributed by atoms with Gasteiger partial charge in [0.05, 0.1) is 11.0 Å². The number of allylic oxidation sites excluding steroid dienone is 4. The summed E-state index contributed by atoms with van der Waals surface area (Å²) in [5.74, 6) is 0. The molecule has 0 aliphatic heterocycles. The predicted molar refractivity (Wildman–Crippen MR) is 250 cm³/mol. The summed E-state index contributed by atoms with van der Waals surface area (Å²) in [4.78, 5) is 2.49. The Labute approximate surface area is 346 Å². The van der Waals surface area contributed by atoms with Gasteiger partial charge in [-0.1, -0.05) is 153 Å². The van der Waals surface area contributed by atoms with Crippen molar-refractivity contribution >= 4 is 38.8 Å². The Bertz CT molecular complexity index is 3090.